The van der Waals surface area contributed by atoms with Crippen molar-refractivity contribution >= 4 is 29.3 Å². The number of carbonyl (C=O) groups is 1. The van der Waals surface area contributed by atoms with Crippen LogP contribution in [0.15, 0.2) is 54.6 Å². The van der Waals surface area contributed by atoms with Crippen LogP contribution in [0.1, 0.15) is 15.9 Å². The van der Waals surface area contributed by atoms with Crippen LogP contribution in [0.3, 0.4) is 0 Å². The number of carboxylic acid groups (broad SMARTS) is 1. The first-order valence-electron chi connectivity index (χ1n) is 6.15. The van der Waals surface area contributed by atoms with Crippen molar-refractivity contribution in [2.45, 2.75) is 0 Å². The van der Waals surface area contributed by atoms with Crippen molar-refractivity contribution in [3.05, 3.63) is 70.8 Å². The molecule has 0 radical (unpaired) electrons. The van der Waals surface area contributed by atoms with E-state index < -0.39 is 5.97 Å². The Labute approximate surface area is 122 Å². The second-order valence-electron chi connectivity index (χ2n) is 4.19. The fourth-order valence-electron chi connectivity index (χ4n) is 1.73. The molecule has 4 heteroatoms. The van der Waals surface area contributed by atoms with Crippen LogP contribution < -0.4 is 5.32 Å². The summed E-state index contributed by atoms with van der Waals surface area (Å²) in [5, 5.41) is 12.3. The van der Waals surface area contributed by atoms with Gasteiger partial charge < -0.3 is 10.4 Å². The minimum atomic E-state index is -1.02. The fourth-order valence-corrected chi connectivity index (χ4v) is 2.00. The third kappa shape index (κ3) is 3.87. The van der Waals surface area contributed by atoms with E-state index >= 15 is 0 Å². The second-order valence-corrected chi connectivity index (χ2v) is 4.60. The van der Waals surface area contributed by atoms with E-state index in [-0.39, 0.29) is 10.6 Å². The van der Waals surface area contributed by atoms with Crippen LogP contribution in [0.25, 0.3) is 6.08 Å². The van der Waals surface area contributed by atoms with Gasteiger partial charge in [-0.15, -0.1) is 0 Å². The van der Waals surface area contributed by atoms with Crippen molar-refractivity contribution in [2.75, 3.05) is 11.9 Å². The summed E-state index contributed by atoms with van der Waals surface area (Å²) in [7, 11) is 0. The molecular weight excluding hydrogens is 274 g/mol. The molecule has 2 rings (SSSR count). The average molecular weight is 288 g/mol. The van der Waals surface area contributed by atoms with E-state index in [1.807, 2.05) is 42.5 Å². The summed E-state index contributed by atoms with van der Waals surface area (Å²) < 4.78 is 0. The number of benzene rings is 2. The maximum absolute atomic E-state index is 10.8. The Kier molecular flexibility index (Phi) is 4.80. The van der Waals surface area contributed by atoms with Crippen LogP contribution >= 0.6 is 11.6 Å². The first-order valence-corrected chi connectivity index (χ1v) is 6.53. The van der Waals surface area contributed by atoms with E-state index in [1.54, 1.807) is 12.1 Å². The third-order valence-corrected chi connectivity index (χ3v) is 3.05. The summed E-state index contributed by atoms with van der Waals surface area (Å²) in [6.07, 6.45) is 4.01. The van der Waals surface area contributed by atoms with Gasteiger partial charge in [0.1, 0.15) is 0 Å². The van der Waals surface area contributed by atoms with E-state index in [2.05, 4.69) is 5.32 Å². The summed E-state index contributed by atoms with van der Waals surface area (Å²) in [6.45, 7) is 0.637. The largest absolute Gasteiger partial charge is 0.478 e. The highest BCUT2D eigenvalue weighted by molar-refractivity contribution is 6.33. The van der Waals surface area contributed by atoms with Crippen molar-refractivity contribution in [3.63, 3.8) is 0 Å². The maximum atomic E-state index is 10.8. The molecule has 0 fully saturated rings. The molecule has 0 atom stereocenters. The molecule has 0 aliphatic rings. The van der Waals surface area contributed by atoms with Gasteiger partial charge in [0, 0.05) is 12.2 Å². The lowest BCUT2D eigenvalue weighted by Gasteiger charge is -2.05. The summed E-state index contributed by atoms with van der Waals surface area (Å²) in [6, 6.07) is 14.8. The van der Waals surface area contributed by atoms with Crippen LogP contribution in [-0.2, 0) is 0 Å². The summed E-state index contributed by atoms with van der Waals surface area (Å²) in [5.74, 6) is -1.02. The minimum absolute atomic E-state index is 0.108. The molecule has 0 aliphatic carbocycles. The van der Waals surface area contributed by atoms with Gasteiger partial charge in [-0.05, 0) is 23.8 Å². The molecule has 2 aromatic rings. The molecule has 0 bridgehead atoms. The van der Waals surface area contributed by atoms with Gasteiger partial charge in [-0.3, -0.25) is 0 Å². The van der Waals surface area contributed by atoms with Crippen molar-refractivity contribution in [1.29, 1.82) is 0 Å². The molecule has 0 amide bonds. The zero-order valence-electron chi connectivity index (χ0n) is 10.7. The van der Waals surface area contributed by atoms with Crippen molar-refractivity contribution in [3.8, 4) is 0 Å². The van der Waals surface area contributed by atoms with E-state index in [1.165, 1.54) is 6.07 Å². The van der Waals surface area contributed by atoms with Gasteiger partial charge in [-0.25, -0.2) is 4.79 Å². The number of anilines is 1. The lowest BCUT2D eigenvalue weighted by Crippen LogP contribution is -2.01. The molecule has 0 saturated carbocycles. The van der Waals surface area contributed by atoms with E-state index in [0.29, 0.717) is 6.54 Å². The Morgan fingerprint density at radius 1 is 1.20 bits per heavy atom. The van der Waals surface area contributed by atoms with Crippen molar-refractivity contribution in [1.82, 2.24) is 0 Å². The second kappa shape index (κ2) is 6.78. The van der Waals surface area contributed by atoms with Crippen LogP contribution in [0.4, 0.5) is 5.69 Å². The molecule has 0 aliphatic heterocycles. The van der Waals surface area contributed by atoms with Crippen LogP contribution in [0, 0.1) is 0 Å². The smallest absolute Gasteiger partial charge is 0.337 e. The predicted octanol–water partition coefficient (Wildman–Crippen LogP) is 4.16. The third-order valence-electron chi connectivity index (χ3n) is 2.73. The van der Waals surface area contributed by atoms with Gasteiger partial charge >= 0.3 is 5.97 Å². The number of halogens is 1. The lowest BCUT2D eigenvalue weighted by atomic mass is 10.2. The Morgan fingerprint density at radius 2 is 1.95 bits per heavy atom. The van der Waals surface area contributed by atoms with Crippen LogP contribution in [-0.4, -0.2) is 17.6 Å². The quantitative estimate of drug-likeness (QED) is 0.868. The SMILES string of the molecule is O=C(O)c1ccc(NC/C=C/c2ccccc2)cc1Cl. The number of rotatable bonds is 5. The lowest BCUT2D eigenvalue weighted by molar-refractivity contribution is 0.0697. The van der Waals surface area contributed by atoms with E-state index in [0.717, 1.165) is 11.3 Å². The van der Waals surface area contributed by atoms with Gasteiger partial charge in [0.05, 0.1) is 10.6 Å². The summed E-state index contributed by atoms with van der Waals surface area (Å²) in [4.78, 5) is 10.8. The number of hydrogen-bond donors (Lipinski definition) is 2. The Hall–Kier alpha value is -2.26. The molecular formula is C16H14ClNO2. The molecule has 3 nitrogen and oxygen atoms in total. The molecule has 102 valence electrons. The van der Waals surface area contributed by atoms with Crippen LogP contribution in [0.5, 0.6) is 0 Å². The first-order chi connectivity index (χ1) is 9.66. The van der Waals surface area contributed by atoms with Gasteiger partial charge in [-0.1, -0.05) is 54.1 Å². The Bertz CT molecular complexity index is 624. The molecule has 2 N–H and O–H groups in total. The maximum Gasteiger partial charge on any atom is 0.337 e. The van der Waals surface area contributed by atoms with Gasteiger partial charge in [-0.2, -0.15) is 0 Å². The molecule has 20 heavy (non-hydrogen) atoms. The van der Waals surface area contributed by atoms with Gasteiger partial charge in [0.25, 0.3) is 0 Å². The normalized spacial score (nSPS) is 10.7. The predicted molar refractivity (Wildman–Crippen MR) is 82.4 cm³/mol. The molecule has 0 saturated heterocycles. The first kappa shape index (κ1) is 14.2. The minimum Gasteiger partial charge on any atom is -0.478 e. The van der Waals surface area contributed by atoms with Gasteiger partial charge in [0.15, 0.2) is 0 Å². The zero-order valence-corrected chi connectivity index (χ0v) is 11.5. The van der Waals surface area contributed by atoms with Crippen molar-refractivity contribution < 1.29 is 9.90 Å². The molecule has 0 unspecified atom stereocenters. The summed E-state index contributed by atoms with van der Waals surface area (Å²) >= 11 is 5.89. The van der Waals surface area contributed by atoms with Crippen molar-refractivity contribution in [2.24, 2.45) is 0 Å². The standard InChI is InChI=1S/C16H14ClNO2/c17-15-11-13(8-9-14(15)16(19)20)18-10-4-7-12-5-2-1-3-6-12/h1-9,11,18H,10H2,(H,19,20)/b7-4+. The number of carboxylic acids is 1. The Balaban J connectivity index is 1.93. The van der Waals surface area contributed by atoms with Crippen LogP contribution in [0.2, 0.25) is 5.02 Å². The summed E-state index contributed by atoms with van der Waals surface area (Å²) in [5.41, 5.74) is 2.03. The molecule has 0 heterocycles. The molecule has 0 aromatic heterocycles. The monoisotopic (exact) mass is 287 g/mol. The highest BCUT2D eigenvalue weighted by Gasteiger charge is 2.08. The topological polar surface area (TPSA) is 49.3 Å². The number of aromatic carboxylic acids is 1. The number of nitrogens with one attached hydrogen (secondary N) is 1. The fraction of sp³-hybridized carbons (Fsp3) is 0.0625. The Morgan fingerprint density at radius 3 is 2.60 bits per heavy atom. The van der Waals surface area contributed by atoms with E-state index in [4.69, 9.17) is 16.7 Å². The van der Waals surface area contributed by atoms with Gasteiger partial charge in [0.2, 0.25) is 0 Å². The molecule has 2 aromatic carbocycles. The number of hydrogen-bond acceptors (Lipinski definition) is 2. The highest BCUT2D eigenvalue weighted by Crippen LogP contribution is 2.20. The zero-order chi connectivity index (χ0) is 14.4. The highest BCUT2D eigenvalue weighted by atomic mass is 35.5. The molecule has 0 spiro atoms. The average Bonchev–Trinajstić information content (AvgIpc) is 2.44. The van der Waals surface area contributed by atoms with E-state index in [9.17, 15) is 4.79 Å².